The predicted octanol–water partition coefficient (Wildman–Crippen LogP) is 2.06. The van der Waals surface area contributed by atoms with Gasteiger partial charge in [0, 0.05) is 31.4 Å². The van der Waals surface area contributed by atoms with E-state index in [-0.39, 0.29) is 5.97 Å². The van der Waals surface area contributed by atoms with Crippen molar-refractivity contribution in [3.8, 4) is 0 Å². The number of carboxylic acid groups (broad SMARTS) is 1. The number of pyridine rings is 1. The molecule has 1 fully saturated rings. The van der Waals surface area contributed by atoms with Gasteiger partial charge < -0.3 is 15.2 Å². The van der Waals surface area contributed by atoms with E-state index in [0.717, 1.165) is 69.4 Å². The third kappa shape index (κ3) is 6.14. The molecular formula is C21H32N4O4. The molecule has 0 aliphatic carbocycles. The number of esters is 1. The molecule has 0 bridgehead atoms. The maximum absolute atomic E-state index is 11.4. The van der Waals surface area contributed by atoms with Crippen LogP contribution in [0.2, 0.25) is 0 Å². The molecule has 1 amide bonds. The van der Waals surface area contributed by atoms with Crippen LogP contribution in [0.4, 0.5) is 10.6 Å². The summed E-state index contributed by atoms with van der Waals surface area (Å²) in [6.07, 6.45) is 4.95. The monoisotopic (exact) mass is 404 g/mol. The second-order valence-electron chi connectivity index (χ2n) is 7.78. The third-order valence-corrected chi connectivity index (χ3v) is 5.49. The Morgan fingerprint density at radius 2 is 2.10 bits per heavy atom. The molecule has 8 heteroatoms. The lowest BCUT2D eigenvalue weighted by Gasteiger charge is -2.39. The fraction of sp³-hybridized carbons (Fsp3) is 0.667. The summed E-state index contributed by atoms with van der Waals surface area (Å²) in [4.78, 5) is 30.9. The van der Waals surface area contributed by atoms with Gasteiger partial charge in [-0.2, -0.15) is 0 Å². The summed E-state index contributed by atoms with van der Waals surface area (Å²) in [5.74, 6) is 0.480. The molecule has 29 heavy (non-hydrogen) atoms. The third-order valence-electron chi connectivity index (χ3n) is 5.49. The number of hydrogen-bond donors (Lipinski definition) is 2. The molecule has 0 spiro atoms. The van der Waals surface area contributed by atoms with Gasteiger partial charge in [0.25, 0.3) is 0 Å². The molecule has 1 aromatic heterocycles. The molecule has 160 valence electrons. The van der Waals surface area contributed by atoms with E-state index in [9.17, 15) is 14.7 Å². The average Bonchev–Trinajstić information content (AvgIpc) is 2.67. The number of aromatic nitrogens is 1. The van der Waals surface area contributed by atoms with Gasteiger partial charge in [0.15, 0.2) is 0 Å². The molecule has 0 aromatic carbocycles. The van der Waals surface area contributed by atoms with Crippen molar-refractivity contribution in [1.29, 1.82) is 0 Å². The summed E-state index contributed by atoms with van der Waals surface area (Å²) >= 11 is 0. The highest BCUT2D eigenvalue weighted by molar-refractivity contribution is 5.86. The topological polar surface area (TPSA) is 95.0 Å². The van der Waals surface area contributed by atoms with Crippen LogP contribution in [0.3, 0.4) is 0 Å². The van der Waals surface area contributed by atoms with Crippen LogP contribution in [0.1, 0.15) is 43.9 Å². The number of unbranched alkanes of at least 4 members (excludes halogenated alkanes) is 2. The van der Waals surface area contributed by atoms with Crippen molar-refractivity contribution in [2.24, 2.45) is 0 Å². The van der Waals surface area contributed by atoms with Crippen LogP contribution in [0.5, 0.6) is 0 Å². The molecule has 2 aliphatic heterocycles. The Kier molecular flexibility index (Phi) is 7.83. The molecule has 0 unspecified atom stereocenters. The van der Waals surface area contributed by atoms with Crippen LogP contribution >= 0.6 is 0 Å². The Bertz CT molecular complexity index is 706. The summed E-state index contributed by atoms with van der Waals surface area (Å²) in [5.41, 5.74) is 2.00. The van der Waals surface area contributed by atoms with Crippen molar-refractivity contribution in [2.75, 3.05) is 44.2 Å². The van der Waals surface area contributed by atoms with Gasteiger partial charge >= 0.3 is 12.1 Å². The molecule has 1 saturated heterocycles. The zero-order chi connectivity index (χ0) is 20.6. The number of nitrogens with zero attached hydrogens (tertiary/aromatic N) is 3. The molecule has 3 rings (SSSR count). The quantitative estimate of drug-likeness (QED) is 0.455. The van der Waals surface area contributed by atoms with Gasteiger partial charge in [-0.25, -0.2) is 9.78 Å². The number of likely N-dealkylation sites (tertiary alicyclic amines) is 1. The number of aryl methyl sites for hydroxylation is 2. The first kappa shape index (κ1) is 21.5. The highest BCUT2D eigenvalue weighted by atomic mass is 16.5. The lowest BCUT2D eigenvalue weighted by atomic mass is 10.0. The number of anilines is 1. The normalized spacial score (nSPS) is 16.9. The number of ether oxygens (including phenoxy) is 1. The maximum Gasteiger partial charge on any atom is 0.413 e. The van der Waals surface area contributed by atoms with E-state index in [1.54, 1.807) is 0 Å². The summed E-state index contributed by atoms with van der Waals surface area (Å²) < 4.78 is 4.96. The zero-order valence-corrected chi connectivity index (χ0v) is 17.2. The fourth-order valence-electron chi connectivity index (χ4n) is 3.94. The van der Waals surface area contributed by atoms with Crippen molar-refractivity contribution in [3.63, 3.8) is 0 Å². The zero-order valence-electron chi connectivity index (χ0n) is 17.2. The maximum atomic E-state index is 11.4. The van der Waals surface area contributed by atoms with Crippen molar-refractivity contribution in [2.45, 2.75) is 51.5 Å². The Morgan fingerprint density at radius 3 is 2.86 bits per heavy atom. The van der Waals surface area contributed by atoms with E-state index in [1.807, 2.05) is 19.1 Å². The molecular weight excluding hydrogens is 372 g/mol. The molecule has 0 atom stereocenters. The van der Waals surface area contributed by atoms with Crippen LogP contribution in [0.25, 0.3) is 0 Å². The Hall–Kier alpha value is -2.19. The number of hydrogen-bond acceptors (Lipinski definition) is 6. The lowest BCUT2D eigenvalue weighted by molar-refractivity contribution is -0.145. The summed E-state index contributed by atoms with van der Waals surface area (Å²) in [5, 5.41) is 12.9. The predicted molar refractivity (Wildman–Crippen MR) is 110 cm³/mol. The smallest absolute Gasteiger partial charge is 0.413 e. The minimum absolute atomic E-state index is 0.145. The largest absolute Gasteiger partial charge is 0.465 e. The van der Waals surface area contributed by atoms with Gasteiger partial charge in [0.05, 0.1) is 13.2 Å². The first-order chi connectivity index (χ1) is 14.1. The average molecular weight is 405 g/mol. The van der Waals surface area contributed by atoms with Gasteiger partial charge in [0.2, 0.25) is 0 Å². The first-order valence-corrected chi connectivity index (χ1v) is 10.7. The summed E-state index contributed by atoms with van der Waals surface area (Å²) in [7, 11) is 0. The van der Waals surface area contributed by atoms with Crippen LogP contribution < -0.4 is 10.2 Å². The Morgan fingerprint density at radius 1 is 1.28 bits per heavy atom. The van der Waals surface area contributed by atoms with Crippen LogP contribution in [-0.4, -0.2) is 72.4 Å². The van der Waals surface area contributed by atoms with Crippen molar-refractivity contribution >= 4 is 17.9 Å². The molecule has 0 saturated carbocycles. The molecule has 8 nitrogen and oxygen atoms in total. The van der Waals surface area contributed by atoms with E-state index in [4.69, 9.17) is 4.74 Å². The molecule has 2 N–H and O–H groups in total. The minimum atomic E-state index is -0.918. The second kappa shape index (κ2) is 10.5. The molecule has 2 aliphatic rings. The number of carbonyl (C=O) groups is 2. The summed E-state index contributed by atoms with van der Waals surface area (Å²) in [6.45, 7) is 5.96. The molecule has 0 radical (unpaired) electrons. The Labute approximate surface area is 172 Å². The van der Waals surface area contributed by atoms with E-state index >= 15 is 0 Å². The van der Waals surface area contributed by atoms with Gasteiger partial charge in [-0.1, -0.05) is 12.5 Å². The lowest BCUT2D eigenvalue weighted by Crippen LogP contribution is -2.59. The first-order valence-electron chi connectivity index (χ1n) is 10.7. The van der Waals surface area contributed by atoms with E-state index in [0.29, 0.717) is 31.6 Å². The molecule has 1 aromatic rings. The van der Waals surface area contributed by atoms with Crippen molar-refractivity contribution in [3.05, 3.63) is 23.4 Å². The second-order valence-corrected chi connectivity index (χ2v) is 7.78. The fourth-order valence-corrected chi connectivity index (χ4v) is 3.94. The van der Waals surface area contributed by atoms with E-state index in [1.165, 1.54) is 4.90 Å². The number of rotatable bonds is 10. The van der Waals surface area contributed by atoms with Crippen molar-refractivity contribution < 1.29 is 19.4 Å². The standard InChI is InChI=1S/C21H32N4O4/c1-2-29-19(26)15-24-13-18(14-24)22-11-5-3-4-8-17-10-9-16-7-6-12-25(21(27)28)20(16)23-17/h9-10,18,22H,2-8,11-15H2,1H3,(H,27,28). The van der Waals surface area contributed by atoms with Gasteiger partial charge in [0.1, 0.15) is 5.82 Å². The number of nitrogens with one attached hydrogen (secondary N) is 1. The molecule has 3 heterocycles. The van der Waals surface area contributed by atoms with Gasteiger partial charge in [-0.3, -0.25) is 14.6 Å². The van der Waals surface area contributed by atoms with Crippen molar-refractivity contribution in [1.82, 2.24) is 15.2 Å². The number of amides is 1. The van der Waals surface area contributed by atoms with E-state index < -0.39 is 6.09 Å². The highest BCUT2D eigenvalue weighted by Gasteiger charge is 2.27. The van der Waals surface area contributed by atoms with Gasteiger partial charge in [-0.15, -0.1) is 0 Å². The summed E-state index contributed by atoms with van der Waals surface area (Å²) in [6, 6.07) is 4.54. The van der Waals surface area contributed by atoms with Crippen LogP contribution in [0, 0.1) is 0 Å². The minimum Gasteiger partial charge on any atom is -0.465 e. The van der Waals surface area contributed by atoms with E-state index in [2.05, 4.69) is 15.2 Å². The number of fused-ring (bicyclic) bond motifs is 1. The highest BCUT2D eigenvalue weighted by Crippen LogP contribution is 2.25. The van der Waals surface area contributed by atoms with Crippen LogP contribution in [0.15, 0.2) is 12.1 Å². The SMILES string of the molecule is CCOC(=O)CN1CC(NCCCCCc2ccc3c(n2)N(C(=O)O)CCC3)C1. The van der Waals surface area contributed by atoms with Gasteiger partial charge in [-0.05, 0) is 57.2 Å². The Balaban J connectivity index is 1.29. The number of carbonyl (C=O) groups excluding carboxylic acids is 1. The van der Waals surface area contributed by atoms with Crippen LogP contribution in [-0.2, 0) is 22.4 Å².